The molecule has 0 heterocycles. The maximum atomic E-state index is 12.9. The number of nitrogens with two attached hydrogens (primary N) is 2. The molecule has 0 aromatic heterocycles. The molecule has 0 aliphatic heterocycles. The van der Waals surface area contributed by atoms with Gasteiger partial charge in [0.25, 0.3) is 20.2 Å². The average molecular weight is 880 g/mol. The molecule has 0 spiro atoms. The fourth-order valence-corrected chi connectivity index (χ4v) is 6.81. The van der Waals surface area contributed by atoms with Gasteiger partial charge in [-0.3, -0.25) is 13.9 Å². The lowest BCUT2D eigenvalue weighted by Gasteiger charge is -2.14. The van der Waals surface area contributed by atoms with Gasteiger partial charge in [-0.1, -0.05) is 30.3 Å². The number of nitrogens with zero attached hydrogens (tertiary/aromatic N) is 8. The van der Waals surface area contributed by atoms with E-state index in [1.165, 1.54) is 25.3 Å². The van der Waals surface area contributed by atoms with Crippen LogP contribution in [0.15, 0.2) is 141 Å². The topological polar surface area (TPSA) is 369 Å². The Balaban J connectivity index is 1.71. The zero-order valence-electron chi connectivity index (χ0n) is 30.6. The normalized spacial score (nSPS) is 12.3. The van der Waals surface area contributed by atoms with Crippen LogP contribution in [0.4, 0.5) is 62.6 Å². The SMILES string of the molecule is COc1cc(N=Nc2ccc([SH](=O)=O)cc2S(=O)(=O)O)c(NC(C)=O)cc1N=Nc1c(N)c(N=Nc2ccccc2)c(N)c(N=Nc2ccccc2S(=O)(=O)O)c1C(=O)O. The Labute approximate surface area is 340 Å². The summed E-state index contributed by atoms with van der Waals surface area (Å²) in [5.41, 5.74) is 8.36. The summed E-state index contributed by atoms with van der Waals surface area (Å²) in [6.07, 6.45) is 0. The van der Waals surface area contributed by atoms with Crippen molar-refractivity contribution in [1.82, 2.24) is 0 Å². The first-order valence-electron chi connectivity index (χ1n) is 16.3. The van der Waals surface area contributed by atoms with Crippen molar-refractivity contribution in [3.63, 3.8) is 0 Å². The van der Waals surface area contributed by atoms with Crippen LogP contribution in [0.25, 0.3) is 0 Å². The number of nitrogens with one attached hydrogen (secondary N) is 1. The third kappa shape index (κ3) is 10.2. The minimum atomic E-state index is -5.00. The van der Waals surface area contributed by atoms with Gasteiger partial charge in [0.1, 0.15) is 60.9 Å². The first-order chi connectivity index (χ1) is 28.3. The van der Waals surface area contributed by atoms with Crippen LogP contribution in [-0.4, -0.2) is 58.5 Å². The number of thiol groups is 1. The Morgan fingerprint density at radius 1 is 0.650 bits per heavy atom. The molecule has 0 fully saturated rings. The highest BCUT2D eigenvalue weighted by molar-refractivity contribution is 7.86. The summed E-state index contributed by atoms with van der Waals surface area (Å²) >= 11 is 0. The fourth-order valence-electron chi connectivity index (χ4n) is 5.02. The van der Waals surface area contributed by atoms with Crippen LogP contribution in [0.3, 0.4) is 0 Å². The lowest BCUT2D eigenvalue weighted by atomic mass is 10.1. The summed E-state index contributed by atoms with van der Waals surface area (Å²) in [6.45, 7) is 1.13. The van der Waals surface area contributed by atoms with Crippen LogP contribution in [-0.2, 0) is 35.7 Å². The van der Waals surface area contributed by atoms with E-state index < -0.39 is 97.2 Å². The van der Waals surface area contributed by atoms with Crippen molar-refractivity contribution in [3.05, 3.63) is 90.5 Å². The molecule has 5 aromatic carbocycles. The molecule has 26 heteroatoms. The number of aromatic carboxylic acids is 1. The molecule has 0 radical (unpaired) electrons. The lowest BCUT2D eigenvalue weighted by Crippen LogP contribution is -2.06. The molecule has 0 saturated carbocycles. The van der Waals surface area contributed by atoms with Gasteiger partial charge >= 0.3 is 5.97 Å². The molecular formula is C34H29N11O12S3. The molecule has 0 aliphatic carbocycles. The summed E-state index contributed by atoms with van der Waals surface area (Å²) < 4.78 is 95.8. The molecule has 0 bridgehead atoms. The van der Waals surface area contributed by atoms with Gasteiger partial charge < -0.3 is 26.6 Å². The van der Waals surface area contributed by atoms with Crippen LogP contribution in [0, 0.1) is 0 Å². The molecule has 0 atom stereocenters. The molecule has 0 unspecified atom stereocenters. The maximum absolute atomic E-state index is 12.9. The number of ether oxygens (including phenoxy) is 1. The standard InChI is InChI=1S/C34H29N11O12S3/c1-17(46)37-22-15-24(25(57-2)16-23(22)41-39-21-13-12-19(58(49)50)14-27(21)60(54,55)56)42-44-32-28(34(47)48)31(43-40-20-10-6-7-11-26(20)59(51,52)53)29(35)33(30(32)36)45-38-18-8-4-3-5-9-18/h3-16,58H,35-36H2,1-2H3,(H,37,46)(H,47,48)(H,51,52,53)(H,54,55,56). The first kappa shape index (κ1) is 43.7. The van der Waals surface area contributed by atoms with Gasteiger partial charge in [-0.05, 0) is 48.5 Å². The van der Waals surface area contributed by atoms with Crippen molar-refractivity contribution in [2.45, 2.75) is 21.6 Å². The highest BCUT2D eigenvalue weighted by Crippen LogP contribution is 2.50. The predicted octanol–water partition coefficient (Wildman–Crippen LogP) is 7.64. The predicted molar refractivity (Wildman–Crippen MR) is 214 cm³/mol. The molecule has 0 saturated heterocycles. The molecule has 5 rings (SSSR count). The number of carbonyl (C=O) groups excluding carboxylic acids is 1. The lowest BCUT2D eigenvalue weighted by molar-refractivity contribution is -0.114. The Morgan fingerprint density at radius 2 is 1.18 bits per heavy atom. The van der Waals surface area contributed by atoms with Gasteiger partial charge in [-0.15, -0.1) is 35.8 Å². The van der Waals surface area contributed by atoms with E-state index in [-0.39, 0.29) is 28.5 Å². The number of amides is 1. The zero-order valence-corrected chi connectivity index (χ0v) is 33.1. The van der Waals surface area contributed by atoms with Crippen molar-refractivity contribution in [2.75, 3.05) is 23.9 Å². The van der Waals surface area contributed by atoms with Crippen molar-refractivity contribution < 1.29 is 53.8 Å². The van der Waals surface area contributed by atoms with E-state index in [0.717, 1.165) is 37.3 Å². The van der Waals surface area contributed by atoms with E-state index in [1.54, 1.807) is 30.3 Å². The summed E-state index contributed by atoms with van der Waals surface area (Å²) in [7, 11) is -11.9. The van der Waals surface area contributed by atoms with Crippen LogP contribution >= 0.6 is 0 Å². The van der Waals surface area contributed by atoms with E-state index >= 15 is 0 Å². The second-order valence-corrected chi connectivity index (χ2v) is 15.5. The number of carboxylic acids is 1. The number of nitrogen functional groups attached to an aromatic ring is 2. The van der Waals surface area contributed by atoms with Crippen molar-refractivity contribution >= 4 is 105 Å². The van der Waals surface area contributed by atoms with Gasteiger partial charge in [0, 0.05) is 13.0 Å². The monoisotopic (exact) mass is 879 g/mol. The number of rotatable bonds is 14. The molecule has 8 N–H and O–H groups in total. The van der Waals surface area contributed by atoms with Crippen LogP contribution in [0.5, 0.6) is 5.75 Å². The number of hydrogen-bond acceptors (Lipinski definition) is 19. The Morgan fingerprint density at radius 3 is 1.75 bits per heavy atom. The number of azo groups is 4. The number of methoxy groups -OCH3 is 1. The minimum Gasteiger partial charge on any atom is -0.494 e. The van der Waals surface area contributed by atoms with Crippen LogP contribution in [0.2, 0.25) is 0 Å². The maximum Gasteiger partial charge on any atom is 0.340 e. The van der Waals surface area contributed by atoms with Crippen LogP contribution in [0.1, 0.15) is 17.3 Å². The van der Waals surface area contributed by atoms with Crippen LogP contribution < -0.4 is 21.5 Å². The van der Waals surface area contributed by atoms with Gasteiger partial charge in [0.15, 0.2) is 10.7 Å². The first-order valence-corrected chi connectivity index (χ1v) is 20.4. The van der Waals surface area contributed by atoms with Gasteiger partial charge in [-0.25, -0.2) is 13.2 Å². The second kappa shape index (κ2) is 18.0. The van der Waals surface area contributed by atoms with E-state index in [0.29, 0.717) is 11.8 Å². The highest BCUT2D eigenvalue weighted by Gasteiger charge is 2.27. The molecule has 60 heavy (non-hydrogen) atoms. The zero-order chi connectivity index (χ0) is 43.9. The van der Waals surface area contributed by atoms with Gasteiger partial charge in [-0.2, -0.15) is 21.9 Å². The number of benzene rings is 5. The molecular weight excluding hydrogens is 851 g/mol. The molecule has 5 aromatic rings. The van der Waals surface area contributed by atoms with Crippen molar-refractivity contribution in [1.29, 1.82) is 0 Å². The summed E-state index contributed by atoms with van der Waals surface area (Å²) in [6, 6.07) is 18.0. The van der Waals surface area contributed by atoms with Crippen molar-refractivity contribution in [3.8, 4) is 5.75 Å². The average Bonchev–Trinajstić information content (AvgIpc) is 3.18. The number of carbonyl (C=O) groups is 2. The third-order valence-corrected chi connectivity index (χ3v) is 10.2. The number of anilines is 3. The van der Waals surface area contributed by atoms with E-state index in [1.807, 2.05) is 0 Å². The number of hydrogen-bond donors (Lipinski definition) is 7. The van der Waals surface area contributed by atoms with Crippen molar-refractivity contribution in [2.24, 2.45) is 40.9 Å². The van der Waals surface area contributed by atoms with E-state index in [4.69, 9.17) is 16.2 Å². The Hall–Kier alpha value is -7.39. The van der Waals surface area contributed by atoms with Gasteiger partial charge in [0.05, 0.1) is 34.8 Å². The summed E-state index contributed by atoms with van der Waals surface area (Å²) in [5.74, 6) is -2.50. The summed E-state index contributed by atoms with van der Waals surface area (Å²) in [4.78, 5) is 23.1. The number of carboxylic acid groups (broad SMARTS) is 1. The third-order valence-electron chi connectivity index (χ3n) is 7.69. The van der Waals surface area contributed by atoms with E-state index in [2.05, 4.69) is 46.2 Å². The molecule has 23 nitrogen and oxygen atoms in total. The molecule has 0 aliphatic rings. The molecule has 310 valence electrons. The quantitative estimate of drug-likeness (QED) is 0.0244. The second-order valence-electron chi connectivity index (χ2n) is 11.7. The fraction of sp³-hybridized carbons (Fsp3) is 0.0588. The Kier molecular flexibility index (Phi) is 13.1. The Bertz CT molecular complexity index is 2970. The molecule has 1 amide bonds. The highest BCUT2D eigenvalue weighted by atomic mass is 32.2. The van der Waals surface area contributed by atoms with E-state index in [9.17, 15) is 49.1 Å². The minimum absolute atomic E-state index is 0.137. The summed E-state index contributed by atoms with van der Waals surface area (Å²) in [5, 5.41) is 44.8. The largest absolute Gasteiger partial charge is 0.494 e. The van der Waals surface area contributed by atoms with Gasteiger partial charge in [0.2, 0.25) is 5.91 Å². The smallest absolute Gasteiger partial charge is 0.340 e.